The molecule has 2 aliphatic rings. The van der Waals surface area contributed by atoms with Gasteiger partial charge in [0.25, 0.3) is 0 Å². The molecule has 1 aliphatic carbocycles. The molecule has 1 saturated heterocycles. The van der Waals surface area contributed by atoms with Gasteiger partial charge in [-0.2, -0.15) is 0 Å². The highest BCUT2D eigenvalue weighted by Crippen LogP contribution is 2.27. The lowest BCUT2D eigenvalue weighted by atomic mass is 9.79. The van der Waals surface area contributed by atoms with Gasteiger partial charge in [-0.1, -0.05) is 6.42 Å². The van der Waals surface area contributed by atoms with Gasteiger partial charge in [0.05, 0.1) is 5.92 Å². The van der Waals surface area contributed by atoms with Crippen molar-refractivity contribution in [3.05, 3.63) is 0 Å². The van der Waals surface area contributed by atoms with Crippen molar-refractivity contribution >= 4 is 5.97 Å². The average Bonchev–Trinajstić information content (AvgIpc) is 2.28. The van der Waals surface area contributed by atoms with E-state index in [0.29, 0.717) is 6.04 Å². The minimum Gasteiger partial charge on any atom is -0.481 e. The van der Waals surface area contributed by atoms with Crippen molar-refractivity contribution < 1.29 is 9.90 Å². The molecule has 1 heterocycles. The number of nitrogens with one attached hydrogen (secondary N) is 1. The number of piperidine rings is 1. The van der Waals surface area contributed by atoms with E-state index < -0.39 is 5.97 Å². The Hall–Kier alpha value is -0.610. The monoisotopic (exact) mass is 240 g/mol. The van der Waals surface area contributed by atoms with Crippen LogP contribution in [0.4, 0.5) is 0 Å². The number of nitrogens with zero attached hydrogens (tertiary/aromatic N) is 1. The second-order valence-electron chi connectivity index (χ2n) is 5.48. The largest absolute Gasteiger partial charge is 0.481 e. The number of rotatable bonds is 5. The molecular formula is C13H24N2O2. The van der Waals surface area contributed by atoms with Gasteiger partial charge in [-0.05, 0) is 45.7 Å². The summed E-state index contributed by atoms with van der Waals surface area (Å²) in [6, 6.07) is 0.741. The molecule has 2 rings (SSSR count). The first-order chi connectivity index (χ1) is 8.18. The molecule has 1 aliphatic heterocycles. The van der Waals surface area contributed by atoms with Crippen molar-refractivity contribution in [2.45, 2.75) is 51.1 Å². The summed E-state index contributed by atoms with van der Waals surface area (Å²) < 4.78 is 0. The lowest BCUT2D eigenvalue weighted by Gasteiger charge is -2.37. The van der Waals surface area contributed by atoms with Crippen molar-refractivity contribution in [3.8, 4) is 0 Å². The van der Waals surface area contributed by atoms with Gasteiger partial charge in [-0.25, -0.2) is 0 Å². The Kier molecular flexibility index (Phi) is 4.40. The first kappa shape index (κ1) is 12.8. The van der Waals surface area contributed by atoms with E-state index >= 15 is 0 Å². The summed E-state index contributed by atoms with van der Waals surface area (Å²) >= 11 is 0. The van der Waals surface area contributed by atoms with Crippen molar-refractivity contribution in [1.29, 1.82) is 0 Å². The fraction of sp³-hybridized carbons (Fsp3) is 0.923. The molecule has 3 unspecified atom stereocenters. The quantitative estimate of drug-likeness (QED) is 0.761. The number of hydrogen-bond donors (Lipinski definition) is 2. The first-order valence-corrected chi connectivity index (χ1v) is 6.88. The number of carboxylic acids is 1. The van der Waals surface area contributed by atoms with E-state index in [2.05, 4.69) is 17.1 Å². The molecule has 0 aromatic heterocycles. The van der Waals surface area contributed by atoms with Crippen LogP contribution in [0.25, 0.3) is 0 Å². The molecule has 1 saturated carbocycles. The third-order valence-electron chi connectivity index (χ3n) is 4.28. The second kappa shape index (κ2) is 5.83. The van der Waals surface area contributed by atoms with Crippen LogP contribution in [0.1, 0.15) is 39.0 Å². The summed E-state index contributed by atoms with van der Waals surface area (Å²) in [5.41, 5.74) is 0. The van der Waals surface area contributed by atoms with E-state index in [9.17, 15) is 4.79 Å². The van der Waals surface area contributed by atoms with Crippen molar-refractivity contribution in [3.63, 3.8) is 0 Å². The molecule has 0 aromatic carbocycles. The number of carbonyl (C=O) groups is 1. The number of carboxylic acid groups (broad SMARTS) is 1. The van der Waals surface area contributed by atoms with Gasteiger partial charge < -0.3 is 10.4 Å². The normalized spacial score (nSPS) is 31.8. The van der Waals surface area contributed by atoms with Crippen LogP contribution in [0.2, 0.25) is 0 Å². The van der Waals surface area contributed by atoms with Crippen LogP contribution in [-0.4, -0.2) is 47.7 Å². The van der Waals surface area contributed by atoms with Crippen molar-refractivity contribution in [1.82, 2.24) is 10.2 Å². The fourth-order valence-corrected chi connectivity index (χ4v) is 2.85. The molecule has 2 fully saturated rings. The van der Waals surface area contributed by atoms with Gasteiger partial charge in [0.15, 0.2) is 0 Å². The van der Waals surface area contributed by atoms with Crippen LogP contribution < -0.4 is 5.32 Å². The van der Waals surface area contributed by atoms with Crippen LogP contribution in [0.3, 0.4) is 0 Å². The Balaban J connectivity index is 1.68. The summed E-state index contributed by atoms with van der Waals surface area (Å²) in [7, 11) is 0. The Bertz CT molecular complexity index is 264. The van der Waals surface area contributed by atoms with Gasteiger partial charge in [0.1, 0.15) is 0 Å². The molecule has 0 radical (unpaired) electrons. The average molecular weight is 240 g/mol. The van der Waals surface area contributed by atoms with Gasteiger partial charge in [0, 0.05) is 18.6 Å². The first-order valence-electron chi connectivity index (χ1n) is 6.88. The zero-order valence-corrected chi connectivity index (χ0v) is 10.7. The smallest absolute Gasteiger partial charge is 0.308 e. The van der Waals surface area contributed by atoms with E-state index in [0.717, 1.165) is 19.4 Å². The van der Waals surface area contributed by atoms with E-state index in [1.54, 1.807) is 0 Å². The summed E-state index contributed by atoms with van der Waals surface area (Å²) in [5.74, 6) is -0.789. The van der Waals surface area contributed by atoms with Gasteiger partial charge in [-0.3, -0.25) is 9.69 Å². The zero-order valence-electron chi connectivity index (χ0n) is 10.7. The molecule has 4 nitrogen and oxygen atoms in total. The molecule has 0 bridgehead atoms. The predicted octanol–water partition coefficient (Wildman–Crippen LogP) is 1.31. The highest BCUT2D eigenvalue weighted by molar-refractivity contribution is 5.72. The van der Waals surface area contributed by atoms with Gasteiger partial charge >= 0.3 is 5.97 Å². The van der Waals surface area contributed by atoms with E-state index in [1.165, 1.54) is 32.4 Å². The van der Waals surface area contributed by atoms with Crippen LogP contribution in [0.15, 0.2) is 0 Å². The van der Waals surface area contributed by atoms with Crippen LogP contribution in [0.5, 0.6) is 0 Å². The third-order valence-corrected chi connectivity index (χ3v) is 4.28. The van der Waals surface area contributed by atoms with Crippen LogP contribution in [0, 0.1) is 5.92 Å². The predicted molar refractivity (Wildman–Crippen MR) is 67.0 cm³/mol. The maximum absolute atomic E-state index is 10.9. The van der Waals surface area contributed by atoms with E-state index in [4.69, 9.17) is 5.11 Å². The maximum atomic E-state index is 10.9. The standard InChI is InChI=1S/C13H24N2O2/c1-10(15-7-3-2-4-8-15)9-14-12-6-5-11(12)13(16)17/h10-12,14H,2-9H2,1H3,(H,16,17). The molecule has 3 atom stereocenters. The minimum absolute atomic E-state index is 0.149. The number of likely N-dealkylation sites (tertiary alicyclic amines) is 1. The Labute approximate surface area is 103 Å². The molecule has 2 N–H and O–H groups in total. The lowest BCUT2D eigenvalue weighted by molar-refractivity contribution is -0.146. The Morgan fingerprint density at radius 2 is 2.06 bits per heavy atom. The molecule has 0 aromatic rings. The molecule has 0 amide bonds. The topological polar surface area (TPSA) is 52.6 Å². The van der Waals surface area contributed by atoms with E-state index in [1.807, 2.05) is 0 Å². The SMILES string of the molecule is CC(CNC1CCC1C(=O)O)N1CCCCC1. The summed E-state index contributed by atoms with van der Waals surface area (Å²) in [4.78, 5) is 13.4. The summed E-state index contributed by atoms with van der Waals surface area (Å²) in [6.45, 7) is 5.58. The maximum Gasteiger partial charge on any atom is 0.308 e. The van der Waals surface area contributed by atoms with Crippen LogP contribution >= 0.6 is 0 Å². The highest BCUT2D eigenvalue weighted by atomic mass is 16.4. The molecule has 17 heavy (non-hydrogen) atoms. The number of hydrogen-bond acceptors (Lipinski definition) is 3. The Morgan fingerprint density at radius 1 is 1.35 bits per heavy atom. The Morgan fingerprint density at radius 3 is 2.59 bits per heavy atom. The molecule has 0 spiro atoms. The van der Waals surface area contributed by atoms with Gasteiger partial charge in [-0.15, -0.1) is 0 Å². The summed E-state index contributed by atoms with van der Waals surface area (Å²) in [6.07, 6.45) is 5.84. The van der Waals surface area contributed by atoms with Crippen LogP contribution in [-0.2, 0) is 4.79 Å². The van der Waals surface area contributed by atoms with E-state index in [-0.39, 0.29) is 12.0 Å². The van der Waals surface area contributed by atoms with Gasteiger partial charge in [0.2, 0.25) is 0 Å². The minimum atomic E-state index is -0.639. The third kappa shape index (κ3) is 3.19. The molecule has 4 heteroatoms. The molecular weight excluding hydrogens is 216 g/mol. The molecule has 98 valence electrons. The number of aliphatic carboxylic acids is 1. The second-order valence-corrected chi connectivity index (χ2v) is 5.48. The van der Waals surface area contributed by atoms with Crippen molar-refractivity contribution in [2.75, 3.05) is 19.6 Å². The highest BCUT2D eigenvalue weighted by Gasteiger charge is 2.36. The lowest BCUT2D eigenvalue weighted by Crippen LogP contribution is -2.52. The zero-order chi connectivity index (χ0) is 12.3. The fourth-order valence-electron chi connectivity index (χ4n) is 2.85. The van der Waals surface area contributed by atoms with Crippen molar-refractivity contribution in [2.24, 2.45) is 5.92 Å². The summed E-state index contributed by atoms with van der Waals surface area (Å²) in [5, 5.41) is 12.4.